The number of aliphatic hydroxyl groups excluding tert-OH is 1. The van der Waals surface area contributed by atoms with E-state index in [0.29, 0.717) is 22.2 Å². The summed E-state index contributed by atoms with van der Waals surface area (Å²) >= 11 is 11.9. The van der Waals surface area contributed by atoms with Crippen LogP contribution in [-0.2, 0) is 14.9 Å². The summed E-state index contributed by atoms with van der Waals surface area (Å²) in [5, 5.41) is 10.5. The van der Waals surface area contributed by atoms with Crippen molar-refractivity contribution in [2.24, 2.45) is 0 Å². The topological polar surface area (TPSA) is 46.5 Å². The van der Waals surface area contributed by atoms with Crippen LogP contribution in [-0.4, -0.2) is 30.7 Å². The molecule has 0 amide bonds. The molecular formula is C14H16Cl2O3. The molecule has 0 aliphatic carbocycles. The van der Waals surface area contributed by atoms with Gasteiger partial charge in [0, 0.05) is 6.61 Å². The van der Waals surface area contributed by atoms with Gasteiger partial charge in [-0.3, -0.25) is 0 Å². The summed E-state index contributed by atoms with van der Waals surface area (Å²) in [6.07, 6.45) is 3.17. The Morgan fingerprint density at radius 2 is 2.16 bits per heavy atom. The number of benzene rings is 1. The maximum Gasteiger partial charge on any atom is 0.135 e. The number of aldehydes is 1. The highest BCUT2D eigenvalue weighted by molar-refractivity contribution is 6.42. The lowest BCUT2D eigenvalue weighted by atomic mass is 9.75. The van der Waals surface area contributed by atoms with Crippen LogP contribution in [0.2, 0.25) is 10.0 Å². The van der Waals surface area contributed by atoms with Gasteiger partial charge in [-0.25, -0.2) is 0 Å². The maximum absolute atomic E-state index is 11.6. The molecule has 5 heteroatoms. The molecule has 2 rings (SSSR count). The average Bonchev–Trinajstić information content (AvgIpc) is 2.46. The summed E-state index contributed by atoms with van der Waals surface area (Å²) in [6, 6.07) is 4.99. The highest BCUT2D eigenvalue weighted by atomic mass is 35.5. The van der Waals surface area contributed by atoms with Gasteiger partial charge in [-0.1, -0.05) is 29.3 Å². The predicted octanol–water partition coefficient (Wildman–Crippen LogP) is 2.99. The van der Waals surface area contributed by atoms with Crippen molar-refractivity contribution in [1.29, 1.82) is 0 Å². The number of aliphatic hydroxyl groups is 1. The van der Waals surface area contributed by atoms with Crippen molar-refractivity contribution in [2.75, 3.05) is 13.2 Å². The summed E-state index contributed by atoms with van der Waals surface area (Å²) < 4.78 is 5.68. The molecule has 1 N–H and O–H groups in total. The largest absolute Gasteiger partial charge is 0.395 e. The molecule has 0 spiro atoms. The van der Waals surface area contributed by atoms with Gasteiger partial charge in [-0.2, -0.15) is 0 Å². The fraction of sp³-hybridized carbons (Fsp3) is 0.500. The molecule has 0 aromatic heterocycles. The van der Waals surface area contributed by atoms with Crippen molar-refractivity contribution >= 4 is 29.5 Å². The first-order valence-electron chi connectivity index (χ1n) is 6.28. The van der Waals surface area contributed by atoms with E-state index in [1.165, 1.54) is 0 Å². The molecule has 104 valence electrons. The van der Waals surface area contributed by atoms with Gasteiger partial charge in [0.15, 0.2) is 0 Å². The molecule has 0 saturated carbocycles. The van der Waals surface area contributed by atoms with Gasteiger partial charge in [-0.15, -0.1) is 0 Å². The number of hydrogen-bond acceptors (Lipinski definition) is 3. The van der Waals surface area contributed by atoms with Crippen LogP contribution in [0.1, 0.15) is 24.8 Å². The molecule has 1 saturated heterocycles. The molecular weight excluding hydrogens is 287 g/mol. The lowest BCUT2D eigenvalue weighted by Crippen LogP contribution is -2.47. The second-order valence-electron chi connectivity index (χ2n) is 4.80. The lowest BCUT2D eigenvalue weighted by Gasteiger charge is -2.37. The zero-order valence-corrected chi connectivity index (χ0v) is 12.0. The Kier molecular flexibility index (Phi) is 4.85. The normalized spacial score (nSPS) is 22.8. The van der Waals surface area contributed by atoms with Crippen molar-refractivity contribution in [3.8, 4) is 0 Å². The van der Waals surface area contributed by atoms with E-state index in [2.05, 4.69) is 0 Å². The van der Waals surface area contributed by atoms with E-state index < -0.39 is 5.41 Å². The molecule has 2 unspecified atom stereocenters. The minimum atomic E-state index is -1.06. The van der Waals surface area contributed by atoms with Crippen LogP contribution < -0.4 is 0 Å². The Balaban J connectivity index is 2.42. The van der Waals surface area contributed by atoms with Gasteiger partial charge in [0.05, 0.1) is 28.2 Å². The first-order valence-corrected chi connectivity index (χ1v) is 7.04. The van der Waals surface area contributed by atoms with Crippen LogP contribution in [0.3, 0.4) is 0 Å². The first kappa shape index (κ1) is 14.8. The zero-order chi connectivity index (χ0) is 13.9. The van der Waals surface area contributed by atoms with Crippen molar-refractivity contribution < 1.29 is 14.6 Å². The monoisotopic (exact) mass is 302 g/mol. The molecule has 3 nitrogen and oxygen atoms in total. The molecule has 1 aliphatic rings. The Bertz CT molecular complexity index is 458. The van der Waals surface area contributed by atoms with E-state index in [9.17, 15) is 9.90 Å². The lowest BCUT2D eigenvalue weighted by molar-refractivity contribution is -0.124. The van der Waals surface area contributed by atoms with E-state index in [0.717, 1.165) is 25.5 Å². The number of halogens is 2. The molecule has 0 radical (unpaired) electrons. The number of ether oxygens (including phenoxy) is 1. The maximum atomic E-state index is 11.6. The fourth-order valence-electron chi connectivity index (χ4n) is 2.49. The molecule has 1 aromatic carbocycles. The van der Waals surface area contributed by atoms with Gasteiger partial charge < -0.3 is 14.6 Å². The smallest absolute Gasteiger partial charge is 0.135 e. The van der Waals surface area contributed by atoms with Crippen molar-refractivity contribution in [1.82, 2.24) is 0 Å². The Morgan fingerprint density at radius 1 is 1.37 bits per heavy atom. The molecule has 19 heavy (non-hydrogen) atoms. The van der Waals surface area contributed by atoms with Gasteiger partial charge in [0.25, 0.3) is 0 Å². The van der Waals surface area contributed by atoms with E-state index in [-0.39, 0.29) is 12.7 Å². The first-order chi connectivity index (χ1) is 9.14. The second kappa shape index (κ2) is 6.23. The molecule has 1 aliphatic heterocycles. The number of hydrogen-bond donors (Lipinski definition) is 1. The van der Waals surface area contributed by atoms with Gasteiger partial charge in [-0.05, 0) is 37.0 Å². The third-order valence-electron chi connectivity index (χ3n) is 3.68. The average molecular weight is 303 g/mol. The molecule has 0 bridgehead atoms. The molecule has 2 atom stereocenters. The third-order valence-corrected chi connectivity index (χ3v) is 4.42. The number of carbonyl (C=O) groups excluding carboxylic acids is 1. The van der Waals surface area contributed by atoms with Crippen molar-refractivity contribution in [3.63, 3.8) is 0 Å². The van der Waals surface area contributed by atoms with Crippen LogP contribution in [0.5, 0.6) is 0 Å². The van der Waals surface area contributed by atoms with E-state index in [1.807, 2.05) is 0 Å². The molecule has 1 aromatic rings. The third kappa shape index (κ3) is 2.79. The highest BCUT2D eigenvalue weighted by Crippen LogP contribution is 2.35. The van der Waals surface area contributed by atoms with E-state index in [1.54, 1.807) is 18.2 Å². The fourth-order valence-corrected chi connectivity index (χ4v) is 2.79. The second-order valence-corrected chi connectivity index (χ2v) is 5.61. The highest BCUT2D eigenvalue weighted by Gasteiger charge is 2.42. The van der Waals surface area contributed by atoms with Crippen LogP contribution in [0.25, 0.3) is 0 Å². The standard InChI is InChI=1S/C14H16Cl2O3/c15-11-5-4-10(7-12(11)16)14(8-17,9-18)13-3-1-2-6-19-13/h4-5,7-8,13,18H,1-3,6,9H2. The van der Waals surface area contributed by atoms with Gasteiger partial charge in [0.1, 0.15) is 6.29 Å². The number of rotatable bonds is 4. The summed E-state index contributed by atoms with van der Waals surface area (Å²) in [5.74, 6) is 0. The minimum absolute atomic E-state index is 0.306. The van der Waals surface area contributed by atoms with Crippen LogP contribution in [0.15, 0.2) is 18.2 Å². The summed E-state index contributed by atoms with van der Waals surface area (Å²) in [5.41, 5.74) is -0.416. The summed E-state index contributed by atoms with van der Waals surface area (Å²) in [6.45, 7) is 0.306. The van der Waals surface area contributed by atoms with Crippen LogP contribution in [0.4, 0.5) is 0 Å². The quantitative estimate of drug-likeness (QED) is 0.870. The Hall–Kier alpha value is -0.610. The Labute approximate surface area is 122 Å². The van der Waals surface area contributed by atoms with Crippen LogP contribution in [0, 0.1) is 0 Å². The summed E-state index contributed by atoms with van der Waals surface area (Å²) in [7, 11) is 0. The SMILES string of the molecule is O=CC(CO)(c1ccc(Cl)c(Cl)c1)C1CCCCO1. The van der Waals surface area contributed by atoms with Gasteiger partial charge >= 0.3 is 0 Å². The molecule has 1 heterocycles. The van der Waals surface area contributed by atoms with E-state index >= 15 is 0 Å². The Morgan fingerprint density at radius 3 is 2.68 bits per heavy atom. The predicted molar refractivity (Wildman–Crippen MR) is 74.9 cm³/mol. The molecule has 1 fully saturated rings. The van der Waals surface area contributed by atoms with Crippen LogP contribution >= 0.6 is 23.2 Å². The zero-order valence-electron chi connectivity index (χ0n) is 10.4. The van der Waals surface area contributed by atoms with Gasteiger partial charge in [0.2, 0.25) is 0 Å². The minimum Gasteiger partial charge on any atom is -0.395 e. The van der Waals surface area contributed by atoms with Crippen molar-refractivity contribution in [2.45, 2.75) is 30.8 Å². The number of carbonyl (C=O) groups is 1. The van der Waals surface area contributed by atoms with E-state index in [4.69, 9.17) is 27.9 Å². The summed E-state index contributed by atoms with van der Waals surface area (Å²) in [4.78, 5) is 11.6. The van der Waals surface area contributed by atoms with Crippen molar-refractivity contribution in [3.05, 3.63) is 33.8 Å².